The smallest absolute Gasteiger partial charge is 0.416 e. The van der Waals surface area contributed by atoms with Crippen LogP contribution in [0, 0.1) is 0 Å². The van der Waals surface area contributed by atoms with Crippen LogP contribution in [-0.2, 0) is 15.7 Å². The van der Waals surface area contributed by atoms with Crippen LogP contribution in [0.4, 0.5) is 13.2 Å². The molecule has 2 N–H and O–H groups in total. The van der Waals surface area contributed by atoms with E-state index in [2.05, 4.69) is 15.6 Å². The monoisotopic (exact) mass is 531 g/mol. The number of hydrogen-bond acceptors (Lipinski definition) is 4. The van der Waals surface area contributed by atoms with Crippen LogP contribution in [0.15, 0.2) is 29.3 Å². The summed E-state index contributed by atoms with van der Waals surface area (Å²) in [6, 6.07) is 4.63. The molecule has 0 spiro atoms. The minimum Gasteiger partial charge on any atom is -0.492 e. The van der Waals surface area contributed by atoms with E-state index in [0.29, 0.717) is 44.6 Å². The number of nitrogens with one attached hydrogen (secondary N) is 2. The Bertz CT molecular complexity index is 595. The second kappa shape index (κ2) is 13.9. The Kier molecular flexibility index (Phi) is 12.3. The summed E-state index contributed by atoms with van der Waals surface area (Å²) >= 11 is 0. The molecule has 1 aliphatic rings. The van der Waals surface area contributed by atoms with Gasteiger partial charge in [-0.1, -0.05) is 0 Å². The summed E-state index contributed by atoms with van der Waals surface area (Å²) in [5, 5.41) is 6.25. The van der Waals surface area contributed by atoms with Gasteiger partial charge in [0.15, 0.2) is 5.96 Å². The quantitative estimate of drug-likeness (QED) is 0.210. The predicted octanol–water partition coefficient (Wildman–Crippen LogP) is 3.45. The number of ether oxygens (including phenoxy) is 3. The Morgan fingerprint density at radius 3 is 2.52 bits per heavy atom. The lowest BCUT2D eigenvalue weighted by atomic mass is 10.2. The molecule has 10 heteroatoms. The summed E-state index contributed by atoms with van der Waals surface area (Å²) < 4.78 is 54.0. The highest BCUT2D eigenvalue weighted by Crippen LogP contribution is 2.30. The van der Waals surface area contributed by atoms with Crippen LogP contribution in [0.5, 0.6) is 5.75 Å². The molecule has 0 bridgehead atoms. The third kappa shape index (κ3) is 10.4. The molecule has 1 aromatic rings. The van der Waals surface area contributed by atoms with E-state index in [1.54, 1.807) is 7.05 Å². The highest BCUT2D eigenvalue weighted by atomic mass is 127. The van der Waals surface area contributed by atoms with Crippen LogP contribution >= 0.6 is 24.0 Å². The van der Waals surface area contributed by atoms with E-state index in [-0.39, 0.29) is 30.1 Å². The number of alkyl halides is 3. The molecule has 1 unspecified atom stereocenters. The molecule has 1 aliphatic heterocycles. The number of benzene rings is 1. The molecule has 1 aromatic carbocycles. The van der Waals surface area contributed by atoms with Gasteiger partial charge in [0.05, 0.1) is 24.8 Å². The van der Waals surface area contributed by atoms with Crippen molar-refractivity contribution in [3.8, 4) is 5.75 Å². The molecule has 1 heterocycles. The molecule has 1 atom stereocenters. The minimum atomic E-state index is -4.34. The molecule has 166 valence electrons. The molecular formula is C19H29F3IN3O3. The normalized spacial score (nSPS) is 17.0. The van der Waals surface area contributed by atoms with E-state index >= 15 is 0 Å². The lowest BCUT2D eigenvalue weighted by molar-refractivity contribution is -0.137. The number of guanidine groups is 1. The lowest BCUT2D eigenvalue weighted by Crippen LogP contribution is -2.40. The molecule has 0 aliphatic carbocycles. The highest BCUT2D eigenvalue weighted by Gasteiger charge is 2.30. The zero-order chi connectivity index (χ0) is 20.2. The summed E-state index contributed by atoms with van der Waals surface area (Å²) in [5.41, 5.74) is -0.692. The van der Waals surface area contributed by atoms with Gasteiger partial charge in [0.25, 0.3) is 0 Å². The first-order valence-corrected chi connectivity index (χ1v) is 9.43. The summed E-state index contributed by atoms with van der Waals surface area (Å²) in [7, 11) is 1.67. The van der Waals surface area contributed by atoms with E-state index in [1.165, 1.54) is 12.1 Å². The van der Waals surface area contributed by atoms with E-state index in [4.69, 9.17) is 14.2 Å². The number of rotatable bonds is 10. The minimum absolute atomic E-state index is 0. The molecule has 1 fully saturated rings. The van der Waals surface area contributed by atoms with Crippen molar-refractivity contribution in [2.45, 2.75) is 31.5 Å². The van der Waals surface area contributed by atoms with E-state index in [9.17, 15) is 13.2 Å². The van der Waals surface area contributed by atoms with Crippen LogP contribution in [0.3, 0.4) is 0 Å². The second-order valence-electron chi connectivity index (χ2n) is 6.36. The zero-order valence-electron chi connectivity index (χ0n) is 16.5. The van der Waals surface area contributed by atoms with E-state index < -0.39 is 11.7 Å². The molecule has 2 rings (SSSR count). The molecule has 1 saturated heterocycles. The maximum absolute atomic E-state index is 12.5. The van der Waals surface area contributed by atoms with Gasteiger partial charge in [-0.05, 0) is 43.5 Å². The topological polar surface area (TPSA) is 64.1 Å². The maximum Gasteiger partial charge on any atom is 0.416 e. The van der Waals surface area contributed by atoms with Gasteiger partial charge >= 0.3 is 6.18 Å². The maximum atomic E-state index is 12.5. The van der Waals surface area contributed by atoms with Gasteiger partial charge in [-0.3, -0.25) is 4.99 Å². The molecule has 29 heavy (non-hydrogen) atoms. The molecule has 0 radical (unpaired) electrons. The van der Waals surface area contributed by atoms with Crippen molar-refractivity contribution < 1.29 is 27.4 Å². The lowest BCUT2D eigenvalue weighted by Gasteiger charge is -2.13. The number of hydrogen-bond donors (Lipinski definition) is 2. The zero-order valence-corrected chi connectivity index (χ0v) is 18.8. The van der Waals surface area contributed by atoms with Gasteiger partial charge in [0.1, 0.15) is 12.4 Å². The van der Waals surface area contributed by atoms with Gasteiger partial charge in [0.2, 0.25) is 0 Å². The van der Waals surface area contributed by atoms with Gasteiger partial charge in [-0.25, -0.2) is 0 Å². The summed E-state index contributed by atoms with van der Waals surface area (Å²) in [6.45, 7) is 3.62. The fourth-order valence-corrected chi connectivity index (χ4v) is 2.67. The molecule has 0 saturated carbocycles. The third-order valence-electron chi connectivity index (χ3n) is 4.15. The first-order valence-electron chi connectivity index (χ1n) is 9.43. The van der Waals surface area contributed by atoms with Crippen LogP contribution in [-0.4, -0.2) is 58.6 Å². The van der Waals surface area contributed by atoms with Crippen LogP contribution < -0.4 is 15.4 Å². The van der Waals surface area contributed by atoms with Crippen LogP contribution in [0.25, 0.3) is 0 Å². The summed E-state index contributed by atoms with van der Waals surface area (Å²) in [5.74, 6) is 1.02. The molecule has 0 aromatic heterocycles. The molecule has 0 amide bonds. The molecular weight excluding hydrogens is 502 g/mol. The van der Waals surface area contributed by atoms with Gasteiger partial charge in [-0.15, -0.1) is 24.0 Å². The summed E-state index contributed by atoms with van der Waals surface area (Å²) in [6.07, 6.45) is -1.07. The van der Waals surface area contributed by atoms with Crippen molar-refractivity contribution in [3.63, 3.8) is 0 Å². The average Bonchev–Trinajstić information content (AvgIpc) is 3.19. The average molecular weight is 531 g/mol. The van der Waals surface area contributed by atoms with Gasteiger partial charge in [0, 0.05) is 26.8 Å². The first kappa shape index (κ1) is 25.8. The summed E-state index contributed by atoms with van der Waals surface area (Å²) in [4.78, 5) is 4.11. The Labute approximate surface area is 186 Å². The Hall–Kier alpha value is -1.27. The van der Waals surface area contributed by atoms with Crippen molar-refractivity contribution >= 4 is 29.9 Å². The highest BCUT2D eigenvalue weighted by molar-refractivity contribution is 14.0. The Morgan fingerprint density at radius 1 is 1.17 bits per heavy atom. The van der Waals surface area contributed by atoms with Crippen molar-refractivity contribution in [3.05, 3.63) is 29.8 Å². The van der Waals surface area contributed by atoms with E-state index in [1.807, 2.05) is 0 Å². The van der Waals surface area contributed by atoms with Gasteiger partial charge < -0.3 is 24.8 Å². The fourth-order valence-electron chi connectivity index (χ4n) is 2.67. The van der Waals surface area contributed by atoms with Crippen molar-refractivity contribution in [2.24, 2.45) is 4.99 Å². The van der Waals surface area contributed by atoms with Crippen molar-refractivity contribution in [2.75, 3.05) is 46.6 Å². The SMILES string of the molecule is CN=C(NCCCOCC1CCCO1)NCCOc1ccc(C(F)(F)F)cc1.I. The second-order valence-corrected chi connectivity index (χ2v) is 6.36. The number of nitrogens with zero attached hydrogens (tertiary/aromatic N) is 1. The number of halogens is 4. The van der Waals surface area contributed by atoms with Crippen LogP contribution in [0.2, 0.25) is 0 Å². The van der Waals surface area contributed by atoms with Crippen molar-refractivity contribution in [1.82, 2.24) is 10.6 Å². The fraction of sp³-hybridized carbons (Fsp3) is 0.632. The molecule has 6 nitrogen and oxygen atoms in total. The van der Waals surface area contributed by atoms with Crippen molar-refractivity contribution in [1.29, 1.82) is 0 Å². The van der Waals surface area contributed by atoms with Gasteiger partial charge in [-0.2, -0.15) is 13.2 Å². The Morgan fingerprint density at radius 2 is 1.90 bits per heavy atom. The van der Waals surface area contributed by atoms with Crippen LogP contribution in [0.1, 0.15) is 24.8 Å². The number of aliphatic imine (C=N–C) groups is 1. The third-order valence-corrected chi connectivity index (χ3v) is 4.15. The largest absolute Gasteiger partial charge is 0.492 e. The van der Waals surface area contributed by atoms with E-state index in [0.717, 1.165) is 38.0 Å². The standard InChI is InChI=1S/C19H28F3N3O3.HI/c1-23-18(24-9-3-11-26-14-17-4-2-12-27-17)25-10-13-28-16-7-5-15(6-8-16)19(20,21)22;/h5-8,17H,2-4,9-14H2,1H3,(H2,23,24,25);1H. The Balaban J connectivity index is 0.00000420. The predicted molar refractivity (Wildman–Crippen MR) is 116 cm³/mol. The first-order chi connectivity index (χ1) is 13.5.